The molecule has 1 aliphatic rings. The third-order valence-corrected chi connectivity index (χ3v) is 5.17. The number of para-hydroxylation sites is 1. The molecule has 0 saturated carbocycles. The van der Waals surface area contributed by atoms with E-state index in [1.165, 1.54) is 20.3 Å². The summed E-state index contributed by atoms with van der Waals surface area (Å²) >= 11 is 0. The maximum Gasteiger partial charge on any atom is 0.311 e. The van der Waals surface area contributed by atoms with Crippen LogP contribution in [0.3, 0.4) is 0 Å². The summed E-state index contributed by atoms with van der Waals surface area (Å²) in [5.74, 6) is -0.704. The fourth-order valence-corrected chi connectivity index (χ4v) is 3.52. The summed E-state index contributed by atoms with van der Waals surface area (Å²) in [6.45, 7) is 1.87. The van der Waals surface area contributed by atoms with Gasteiger partial charge in [-0.15, -0.1) is 0 Å². The van der Waals surface area contributed by atoms with Gasteiger partial charge in [0.1, 0.15) is 0 Å². The zero-order chi connectivity index (χ0) is 21.7. The van der Waals surface area contributed by atoms with E-state index in [0.29, 0.717) is 17.1 Å². The molecule has 1 saturated heterocycles. The molecule has 2 aromatic carbocycles. The average molecular weight is 411 g/mol. The van der Waals surface area contributed by atoms with Crippen LogP contribution in [0, 0.1) is 5.92 Å². The first kappa shape index (κ1) is 21.4. The number of esters is 1. The first-order chi connectivity index (χ1) is 14.5. The Kier molecular flexibility index (Phi) is 6.72. The molecular formula is C23H25NO6. The van der Waals surface area contributed by atoms with E-state index in [4.69, 9.17) is 14.2 Å². The van der Waals surface area contributed by atoms with Gasteiger partial charge in [0, 0.05) is 24.2 Å². The van der Waals surface area contributed by atoms with Gasteiger partial charge in [-0.25, -0.2) is 0 Å². The average Bonchev–Trinajstić information content (AvgIpc) is 3.18. The van der Waals surface area contributed by atoms with Crippen LogP contribution in [0.25, 0.3) is 0 Å². The Morgan fingerprint density at radius 3 is 2.50 bits per heavy atom. The maximum atomic E-state index is 12.5. The summed E-state index contributed by atoms with van der Waals surface area (Å²) in [6.07, 6.45) is 0.857. The van der Waals surface area contributed by atoms with Crippen molar-refractivity contribution in [1.29, 1.82) is 0 Å². The quantitative estimate of drug-likeness (QED) is 0.491. The highest BCUT2D eigenvalue weighted by Crippen LogP contribution is 2.30. The number of carbonyl (C=O) groups excluding carboxylic acids is 3. The van der Waals surface area contributed by atoms with Crippen LogP contribution >= 0.6 is 0 Å². The monoisotopic (exact) mass is 411 g/mol. The molecule has 7 heteroatoms. The third-order valence-electron chi connectivity index (χ3n) is 5.17. The van der Waals surface area contributed by atoms with Gasteiger partial charge >= 0.3 is 5.97 Å². The number of carbonyl (C=O) groups is 3. The van der Waals surface area contributed by atoms with Gasteiger partial charge in [0.15, 0.2) is 23.9 Å². The molecule has 0 bridgehead atoms. The molecule has 1 heterocycles. The molecule has 0 aliphatic carbocycles. The second kappa shape index (κ2) is 9.43. The maximum absolute atomic E-state index is 12.5. The number of hydrogen-bond donors (Lipinski definition) is 0. The van der Waals surface area contributed by atoms with E-state index in [1.807, 2.05) is 31.2 Å². The van der Waals surface area contributed by atoms with Crippen molar-refractivity contribution in [2.24, 2.45) is 5.92 Å². The lowest BCUT2D eigenvalue weighted by molar-refractivity contribution is -0.147. The number of benzene rings is 2. The highest BCUT2D eigenvalue weighted by atomic mass is 16.5. The molecule has 0 radical (unpaired) electrons. The summed E-state index contributed by atoms with van der Waals surface area (Å²) in [5.41, 5.74) is 2.21. The largest absolute Gasteiger partial charge is 0.493 e. The standard InChI is InChI=1S/C23H25NO6/c1-4-15-7-5-6-8-18(15)24-13-17(12-22(24)26)23(27)30-14-19(25)16-9-10-20(28-2)21(11-16)29-3/h5-11,17H,4,12-14H2,1-3H3/t17-/m0/s1. The number of methoxy groups -OCH3 is 2. The zero-order valence-electron chi connectivity index (χ0n) is 17.3. The molecule has 1 amide bonds. The Morgan fingerprint density at radius 1 is 1.07 bits per heavy atom. The second-order valence-electron chi connectivity index (χ2n) is 6.99. The van der Waals surface area contributed by atoms with Crippen molar-refractivity contribution in [3.63, 3.8) is 0 Å². The number of aryl methyl sites for hydroxylation is 1. The molecule has 2 aromatic rings. The van der Waals surface area contributed by atoms with Crippen molar-refractivity contribution in [2.75, 3.05) is 32.3 Å². The van der Waals surface area contributed by atoms with Crippen molar-refractivity contribution in [1.82, 2.24) is 0 Å². The molecule has 0 aromatic heterocycles. The van der Waals surface area contributed by atoms with Crippen molar-refractivity contribution >= 4 is 23.3 Å². The molecule has 1 fully saturated rings. The summed E-state index contributed by atoms with van der Waals surface area (Å²) in [5, 5.41) is 0. The predicted molar refractivity (Wildman–Crippen MR) is 111 cm³/mol. The Hall–Kier alpha value is -3.35. The fourth-order valence-electron chi connectivity index (χ4n) is 3.52. The van der Waals surface area contributed by atoms with Crippen molar-refractivity contribution in [2.45, 2.75) is 19.8 Å². The minimum Gasteiger partial charge on any atom is -0.493 e. The van der Waals surface area contributed by atoms with Gasteiger partial charge in [0.2, 0.25) is 5.91 Å². The minimum atomic E-state index is -0.597. The van der Waals surface area contributed by atoms with Crippen LogP contribution in [-0.4, -0.2) is 45.0 Å². The molecule has 3 rings (SSSR count). The van der Waals surface area contributed by atoms with Crippen LogP contribution in [-0.2, 0) is 20.7 Å². The number of hydrogen-bond acceptors (Lipinski definition) is 6. The lowest BCUT2D eigenvalue weighted by Crippen LogP contribution is -2.28. The third kappa shape index (κ3) is 4.45. The molecule has 30 heavy (non-hydrogen) atoms. The van der Waals surface area contributed by atoms with E-state index in [9.17, 15) is 14.4 Å². The van der Waals surface area contributed by atoms with Crippen LogP contribution in [0.4, 0.5) is 5.69 Å². The van der Waals surface area contributed by atoms with Crippen LogP contribution in [0.1, 0.15) is 29.3 Å². The summed E-state index contributed by atoms with van der Waals surface area (Å²) < 4.78 is 15.6. The molecule has 1 aliphatic heterocycles. The summed E-state index contributed by atoms with van der Waals surface area (Å²) in [7, 11) is 2.98. The minimum absolute atomic E-state index is 0.0709. The lowest BCUT2D eigenvalue weighted by atomic mass is 10.1. The number of amides is 1. The van der Waals surface area contributed by atoms with Gasteiger partial charge in [-0.05, 0) is 36.2 Å². The van der Waals surface area contributed by atoms with Crippen molar-refractivity contribution in [3.8, 4) is 11.5 Å². The molecule has 158 valence electrons. The molecule has 1 atom stereocenters. The Balaban J connectivity index is 1.62. The summed E-state index contributed by atoms with van der Waals surface area (Å²) in [4.78, 5) is 39.0. The molecule has 7 nitrogen and oxygen atoms in total. The smallest absolute Gasteiger partial charge is 0.311 e. The molecule has 0 spiro atoms. The van der Waals surface area contributed by atoms with E-state index < -0.39 is 18.5 Å². The van der Waals surface area contributed by atoms with Gasteiger partial charge < -0.3 is 19.1 Å². The van der Waals surface area contributed by atoms with Crippen LogP contribution in [0.2, 0.25) is 0 Å². The van der Waals surface area contributed by atoms with Crippen molar-refractivity contribution < 1.29 is 28.6 Å². The molecule has 0 N–H and O–H groups in total. The van der Waals surface area contributed by atoms with Gasteiger partial charge in [-0.2, -0.15) is 0 Å². The number of Topliss-reactive ketones (excluding diaryl/α,β-unsaturated/α-hetero) is 1. The lowest BCUT2D eigenvalue weighted by Gasteiger charge is -2.19. The van der Waals surface area contributed by atoms with E-state index in [0.717, 1.165) is 17.7 Å². The Labute approximate surface area is 175 Å². The predicted octanol–water partition coefficient (Wildman–Crippen LogP) is 3.05. The van der Waals surface area contributed by atoms with Crippen molar-refractivity contribution in [3.05, 3.63) is 53.6 Å². The van der Waals surface area contributed by atoms with E-state index in [-0.39, 0.29) is 24.7 Å². The van der Waals surface area contributed by atoms with Gasteiger partial charge in [-0.3, -0.25) is 14.4 Å². The highest BCUT2D eigenvalue weighted by molar-refractivity contribution is 6.01. The van der Waals surface area contributed by atoms with Gasteiger partial charge in [0.05, 0.1) is 20.1 Å². The van der Waals surface area contributed by atoms with Gasteiger partial charge in [-0.1, -0.05) is 25.1 Å². The topological polar surface area (TPSA) is 82.1 Å². The molecule has 0 unspecified atom stereocenters. The number of ether oxygens (including phenoxy) is 3. The second-order valence-corrected chi connectivity index (χ2v) is 6.99. The van der Waals surface area contributed by atoms with E-state index in [2.05, 4.69) is 0 Å². The van der Waals surface area contributed by atoms with Gasteiger partial charge in [0.25, 0.3) is 0 Å². The highest BCUT2D eigenvalue weighted by Gasteiger charge is 2.37. The van der Waals surface area contributed by atoms with E-state index >= 15 is 0 Å². The number of anilines is 1. The molecular weight excluding hydrogens is 386 g/mol. The normalized spacial score (nSPS) is 15.8. The number of rotatable bonds is 8. The van der Waals surface area contributed by atoms with Crippen LogP contribution in [0.15, 0.2) is 42.5 Å². The first-order valence-electron chi connectivity index (χ1n) is 9.78. The van der Waals surface area contributed by atoms with Crippen LogP contribution in [0.5, 0.6) is 11.5 Å². The summed E-state index contributed by atoms with van der Waals surface area (Å²) in [6, 6.07) is 12.4. The Morgan fingerprint density at radius 2 is 1.80 bits per heavy atom. The Bertz CT molecular complexity index is 954. The number of nitrogens with zero attached hydrogens (tertiary/aromatic N) is 1. The zero-order valence-corrected chi connectivity index (χ0v) is 17.3. The number of ketones is 1. The first-order valence-corrected chi connectivity index (χ1v) is 9.78. The fraction of sp³-hybridized carbons (Fsp3) is 0.348. The van der Waals surface area contributed by atoms with Crippen LogP contribution < -0.4 is 14.4 Å². The SMILES string of the molecule is CCc1ccccc1N1C[C@@H](C(=O)OCC(=O)c2ccc(OC)c(OC)c2)CC1=O. The van der Waals surface area contributed by atoms with E-state index in [1.54, 1.807) is 17.0 Å².